The van der Waals surface area contributed by atoms with Gasteiger partial charge in [-0.2, -0.15) is 5.26 Å². The maximum atomic E-state index is 9.15. The molecule has 1 fully saturated rings. The number of imidazole rings is 1. The molecule has 2 aromatic heterocycles. The van der Waals surface area contributed by atoms with E-state index in [2.05, 4.69) is 30.9 Å². The summed E-state index contributed by atoms with van der Waals surface area (Å²) < 4.78 is 5.53. The Labute approximate surface area is 135 Å². The first-order chi connectivity index (χ1) is 11.0. The normalized spacial score (nSPS) is 20.7. The number of hydrogen-bond acceptors (Lipinski definition) is 6. The molecule has 1 aliphatic heterocycles. The number of nitriles is 1. The molecule has 3 rings (SSSR count). The zero-order valence-electron chi connectivity index (χ0n) is 13.8. The van der Waals surface area contributed by atoms with Crippen LogP contribution in [0.15, 0.2) is 6.07 Å². The van der Waals surface area contributed by atoms with E-state index in [0.717, 1.165) is 29.3 Å². The van der Waals surface area contributed by atoms with Gasteiger partial charge in [0.25, 0.3) is 0 Å². The van der Waals surface area contributed by atoms with Crippen LogP contribution >= 0.6 is 0 Å². The highest BCUT2D eigenvalue weighted by Gasteiger charge is 2.37. The molecule has 0 spiro atoms. The Morgan fingerprint density at radius 2 is 2.09 bits per heavy atom. The Balaban J connectivity index is 2.01. The molecule has 1 saturated heterocycles. The van der Waals surface area contributed by atoms with Gasteiger partial charge in [0.1, 0.15) is 17.6 Å². The van der Waals surface area contributed by atoms with Gasteiger partial charge in [-0.25, -0.2) is 15.0 Å². The summed E-state index contributed by atoms with van der Waals surface area (Å²) in [6.07, 6.45) is 0.891. The highest BCUT2D eigenvalue weighted by molar-refractivity contribution is 5.40. The quantitative estimate of drug-likeness (QED) is 0.931. The molecular formula is C16H20N6O. The summed E-state index contributed by atoms with van der Waals surface area (Å²) in [6, 6.07) is 3.79. The summed E-state index contributed by atoms with van der Waals surface area (Å²) in [5, 5.41) is 9.15. The van der Waals surface area contributed by atoms with E-state index in [1.54, 1.807) is 13.2 Å². The van der Waals surface area contributed by atoms with Crippen molar-refractivity contribution in [3.8, 4) is 6.07 Å². The van der Waals surface area contributed by atoms with E-state index >= 15 is 0 Å². The number of nitrogens with zero attached hydrogens (tertiary/aromatic N) is 5. The lowest BCUT2D eigenvalue weighted by molar-refractivity contribution is 0.118. The second-order valence-electron chi connectivity index (χ2n) is 5.90. The number of H-pyrrole nitrogens is 1. The molecule has 0 aliphatic carbocycles. The largest absolute Gasteiger partial charge is 0.380 e. The molecule has 2 atom stereocenters. The van der Waals surface area contributed by atoms with Gasteiger partial charge in [-0.3, -0.25) is 0 Å². The molecule has 120 valence electrons. The second kappa shape index (κ2) is 5.97. The monoisotopic (exact) mass is 312 g/mol. The van der Waals surface area contributed by atoms with Gasteiger partial charge in [-0.15, -0.1) is 0 Å². The summed E-state index contributed by atoms with van der Waals surface area (Å²) in [5.74, 6) is 1.45. The van der Waals surface area contributed by atoms with Crippen LogP contribution in [0.1, 0.15) is 41.1 Å². The number of methoxy groups -OCH3 is 1. The van der Waals surface area contributed by atoms with Crippen LogP contribution < -0.4 is 4.90 Å². The highest BCUT2D eigenvalue weighted by atomic mass is 16.5. The second-order valence-corrected chi connectivity index (χ2v) is 5.90. The summed E-state index contributed by atoms with van der Waals surface area (Å²) in [4.78, 5) is 18.9. The third-order valence-electron chi connectivity index (χ3n) is 4.27. The Bertz CT molecular complexity index is 743. The van der Waals surface area contributed by atoms with Crippen LogP contribution in [0, 0.1) is 32.1 Å². The first kappa shape index (κ1) is 15.4. The van der Waals surface area contributed by atoms with Gasteiger partial charge in [0, 0.05) is 31.5 Å². The van der Waals surface area contributed by atoms with E-state index in [-0.39, 0.29) is 12.1 Å². The molecule has 0 amide bonds. The van der Waals surface area contributed by atoms with Gasteiger partial charge >= 0.3 is 0 Å². The minimum absolute atomic E-state index is 0.0145. The molecule has 1 aliphatic rings. The standard InChI is InChI=1S/C16H20N6O/c1-9-5-12(7-17)21-16(18-9)22-8-13(23-4)6-14(22)15-19-10(2)11(3)20-15/h5,13-14H,6,8H2,1-4H3,(H,19,20)/t13-,14+/m1/s1. The van der Waals surface area contributed by atoms with E-state index in [1.807, 2.05) is 20.8 Å². The zero-order chi connectivity index (χ0) is 16.6. The number of aromatic nitrogens is 4. The molecule has 0 unspecified atom stereocenters. The van der Waals surface area contributed by atoms with E-state index < -0.39 is 0 Å². The first-order valence-corrected chi connectivity index (χ1v) is 7.60. The maximum absolute atomic E-state index is 9.15. The molecule has 7 nitrogen and oxygen atoms in total. The van der Waals surface area contributed by atoms with Crippen LogP contribution in [0.5, 0.6) is 0 Å². The first-order valence-electron chi connectivity index (χ1n) is 7.60. The van der Waals surface area contributed by atoms with Gasteiger partial charge in [-0.1, -0.05) is 0 Å². The lowest BCUT2D eigenvalue weighted by Crippen LogP contribution is -2.27. The van der Waals surface area contributed by atoms with Gasteiger partial charge < -0.3 is 14.6 Å². The Hall–Kier alpha value is -2.46. The molecule has 0 aromatic carbocycles. The number of rotatable bonds is 3. The van der Waals surface area contributed by atoms with Crippen molar-refractivity contribution < 1.29 is 4.74 Å². The summed E-state index contributed by atoms with van der Waals surface area (Å²) in [7, 11) is 1.71. The number of hydrogen-bond donors (Lipinski definition) is 1. The predicted octanol–water partition coefficient (Wildman–Crippen LogP) is 1.96. The van der Waals surface area contributed by atoms with Crippen molar-refractivity contribution in [1.82, 2.24) is 19.9 Å². The van der Waals surface area contributed by atoms with Crippen molar-refractivity contribution in [3.63, 3.8) is 0 Å². The van der Waals surface area contributed by atoms with Crippen molar-refractivity contribution in [3.05, 3.63) is 34.7 Å². The Morgan fingerprint density at radius 1 is 1.30 bits per heavy atom. The summed E-state index contributed by atoms with van der Waals surface area (Å²) >= 11 is 0. The minimum atomic E-state index is 0.0145. The fourth-order valence-electron chi connectivity index (χ4n) is 2.92. The van der Waals surface area contributed by atoms with Gasteiger partial charge in [0.15, 0.2) is 0 Å². The SMILES string of the molecule is CO[C@@H]1C[C@@H](c2nc(C)c(C)[nH]2)N(c2nc(C)cc(C#N)n2)C1. The molecule has 0 radical (unpaired) electrons. The van der Waals surface area contributed by atoms with Crippen LogP contribution in [0.2, 0.25) is 0 Å². The lowest BCUT2D eigenvalue weighted by atomic mass is 10.2. The predicted molar refractivity (Wildman–Crippen MR) is 85.0 cm³/mol. The molecular weight excluding hydrogens is 292 g/mol. The van der Waals surface area contributed by atoms with E-state index in [0.29, 0.717) is 18.2 Å². The average Bonchev–Trinajstić information content (AvgIpc) is 3.10. The van der Waals surface area contributed by atoms with Crippen molar-refractivity contribution in [2.24, 2.45) is 0 Å². The van der Waals surface area contributed by atoms with Crippen LogP contribution in [0.25, 0.3) is 0 Å². The van der Waals surface area contributed by atoms with Crippen molar-refractivity contribution in [2.75, 3.05) is 18.6 Å². The number of aromatic amines is 1. The average molecular weight is 312 g/mol. The fourth-order valence-corrected chi connectivity index (χ4v) is 2.92. The highest BCUT2D eigenvalue weighted by Crippen LogP contribution is 2.34. The molecule has 1 N–H and O–H groups in total. The van der Waals surface area contributed by atoms with E-state index in [4.69, 9.17) is 10.00 Å². The fraction of sp³-hybridized carbons (Fsp3) is 0.500. The Morgan fingerprint density at radius 3 is 2.70 bits per heavy atom. The number of aryl methyl sites for hydroxylation is 3. The zero-order valence-corrected chi connectivity index (χ0v) is 13.8. The van der Waals surface area contributed by atoms with E-state index in [9.17, 15) is 0 Å². The minimum Gasteiger partial charge on any atom is -0.380 e. The van der Waals surface area contributed by atoms with Crippen molar-refractivity contribution in [1.29, 1.82) is 5.26 Å². The molecule has 0 saturated carbocycles. The third-order valence-corrected chi connectivity index (χ3v) is 4.27. The van der Waals surface area contributed by atoms with E-state index in [1.165, 1.54) is 0 Å². The molecule has 0 bridgehead atoms. The summed E-state index contributed by atoms with van der Waals surface area (Å²) in [6.45, 7) is 6.54. The van der Waals surface area contributed by atoms with Crippen molar-refractivity contribution >= 4 is 5.95 Å². The van der Waals surface area contributed by atoms with Gasteiger partial charge in [0.05, 0.1) is 17.8 Å². The smallest absolute Gasteiger partial charge is 0.227 e. The van der Waals surface area contributed by atoms with Crippen LogP contribution in [0.3, 0.4) is 0 Å². The number of anilines is 1. The van der Waals surface area contributed by atoms with Crippen molar-refractivity contribution in [2.45, 2.75) is 39.3 Å². The maximum Gasteiger partial charge on any atom is 0.227 e. The third kappa shape index (κ3) is 2.90. The van der Waals surface area contributed by atoms with Crippen LogP contribution in [-0.4, -0.2) is 39.7 Å². The number of ether oxygens (including phenoxy) is 1. The number of nitrogens with one attached hydrogen (secondary N) is 1. The van der Waals surface area contributed by atoms with Crippen LogP contribution in [-0.2, 0) is 4.74 Å². The molecule has 2 aromatic rings. The molecule has 3 heterocycles. The van der Waals surface area contributed by atoms with Gasteiger partial charge in [0.2, 0.25) is 5.95 Å². The Kier molecular flexibility index (Phi) is 4.01. The lowest BCUT2D eigenvalue weighted by Gasteiger charge is -2.23. The topological polar surface area (TPSA) is 90.7 Å². The summed E-state index contributed by atoms with van der Waals surface area (Å²) in [5.41, 5.74) is 3.20. The molecule has 23 heavy (non-hydrogen) atoms. The van der Waals surface area contributed by atoms with Crippen LogP contribution in [0.4, 0.5) is 5.95 Å². The molecule has 7 heteroatoms. The van der Waals surface area contributed by atoms with Gasteiger partial charge in [-0.05, 0) is 26.8 Å².